The van der Waals surface area contributed by atoms with E-state index in [0.717, 1.165) is 16.8 Å². The standard InChI is InChI=1S/C14H13ClN2/c15-12-8-7-11(14(17)9-12)6-5-10-3-1-2-4-13(10)16/h1-9H,16-17H2. The van der Waals surface area contributed by atoms with Gasteiger partial charge in [-0.25, -0.2) is 0 Å². The average molecular weight is 245 g/mol. The molecule has 0 bridgehead atoms. The molecule has 0 aliphatic heterocycles. The van der Waals surface area contributed by atoms with Crippen LogP contribution >= 0.6 is 11.6 Å². The number of anilines is 2. The van der Waals surface area contributed by atoms with Crippen molar-refractivity contribution >= 4 is 35.1 Å². The van der Waals surface area contributed by atoms with Gasteiger partial charge in [-0.05, 0) is 29.3 Å². The highest BCUT2D eigenvalue weighted by molar-refractivity contribution is 6.30. The van der Waals surface area contributed by atoms with Crippen LogP contribution in [0.25, 0.3) is 12.2 Å². The van der Waals surface area contributed by atoms with Crippen molar-refractivity contribution in [2.75, 3.05) is 11.5 Å². The Labute approximate surface area is 106 Å². The van der Waals surface area contributed by atoms with Gasteiger partial charge in [0.25, 0.3) is 0 Å². The number of nitrogen functional groups attached to an aromatic ring is 2. The molecule has 0 fully saturated rings. The predicted octanol–water partition coefficient (Wildman–Crippen LogP) is 3.67. The Hall–Kier alpha value is -1.93. The molecular weight excluding hydrogens is 232 g/mol. The quantitative estimate of drug-likeness (QED) is 0.626. The molecule has 0 saturated heterocycles. The lowest BCUT2D eigenvalue weighted by Gasteiger charge is -2.02. The summed E-state index contributed by atoms with van der Waals surface area (Å²) in [6.45, 7) is 0. The van der Waals surface area contributed by atoms with Crippen LogP contribution in [0.2, 0.25) is 5.02 Å². The lowest BCUT2D eigenvalue weighted by Crippen LogP contribution is -1.89. The van der Waals surface area contributed by atoms with E-state index in [4.69, 9.17) is 23.1 Å². The third-order valence-corrected chi connectivity index (χ3v) is 2.72. The molecule has 0 radical (unpaired) electrons. The van der Waals surface area contributed by atoms with Gasteiger partial charge in [0.05, 0.1) is 0 Å². The van der Waals surface area contributed by atoms with Gasteiger partial charge in [0, 0.05) is 16.4 Å². The number of halogens is 1. The number of para-hydroxylation sites is 1. The first-order chi connectivity index (χ1) is 8.16. The maximum Gasteiger partial charge on any atom is 0.0426 e. The third-order valence-electron chi connectivity index (χ3n) is 2.49. The van der Waals surface area contributed by atoms with Crippen molar-refractivity contribution in [3.63, 3.8) is 0 Å². The summed E-state index contributed by atoms with van der Waals surface area (Å²) in [7, 11) is 0. The number of hydrogen-bond donors (Lipinski definition) is 2. The Bertz CT molecular complexity index is 562. The van der Waals surface area contributed by atoms with Crippen LogP contribution < -0.4 is 11.5 Å². The molecule has 0 aromatic heterocycles. The molecule has 4 N–H and O–H groups in total. The fourth-order valence-electron chi connectivity index (χ4n) is 1.54. The summed E-state index contributed by atoms with van der Waals surface area (Å²) in [6.07, 6.45) is 3.87. The summed E-state index contributed by atoms with van der Waals surface area (Å²) in [5.41, 5.74) is 15.0. The van der Waals surface area contributed by atoms with Gasteiger partial charge in [-0.2, -0.15) is 0 Å². The van der Waals surface area contributed by atoms with Crippen LogP contribution in [-0.2, 0) is 0 Å². The molecule has 0 heterocycles. The largest absolute Gasteiger partial charge is 0.398 e. The first-order valence-corrected chi connectivity index (χ1v) is 5.62. The van der Waals surface area contributed by atoms with Crippen LogP contribution in [0.5, 0.6) is 0 Å². The van der Waals surface area contributed by atoms with Gasteiger partial charge in [-0.15, -0.1) is 0 Å². The summed E-state index contributed by atoms with van der Waals surface area (Å²) >= 11 is 5.84. The summed E-state index contributed by atoms with van der Waals surface area (Å²) < 4.78 is 0. The van der Waals surface area contributed by atoms with E-state index in [9.17, 15) is 0 Å². The molecular formula is C14H13ClN2. The van der Waals surface area contributed by atoms with Crippen molar-refractivity contribution in [3.05, 3.63) is 58.6 Å². The van der Waals surface area contributed by atoms with Crippen molar-refractivity contribution in [3.8, 4) is 0 Å². The lowest BCUT2D eigenvalue weighted by atomic mass is 10.1. The molecule has 2 rings (SSSR count). The predicted molar refractivity (Wildman–Crippen MR) is 75.6 cm³/mol. The van der Waals surface area contributed by atoms with E-state index in [1.165, 1.54) is 0 Å². The minimum atomic E-state index is 0.638. The number of rotatable bonds is 2. The fourth-order valence-corrected chi connectivity index (χ4v) is 1.72. The van der Waals surface area contributed by atoms with E-state index in [-0.39, 0.29) is 0 Å². The van der Waals surface area contributed by atoms with Crippen molar-refractivity contribution in [2.24, 2.45) is 0 Å². The fraction of sp³-hybridized carbons (Fsp3) is 0. The minimum absolute atomic E-state index is 0.638. The molecule has 17 heavy (non-hydrogen) atoms. The maximum absolute atomic E-state index is 5.86. The smallest absolute Gasteiger partial charge is 0.0426 e. The van der Waals surface area contributed by atoms with Crippen LogP contribution in [0, 0.1) is 0 Å². The number of hydrogen-bond acceptors (Lipinski definition) is 2. The van der Waals surface area contributed by atoms with E-state index < -0.39 is 0 Å². The molecule has 86 valence electrons. The molecule has 2 aromatic carbocycles. The van der Waals surface area contributed by atoms with Gasteiger partial charge >= 0.3 is 0 Å². The summed E-state index contributed by atoms with van der Waals surface area (Å²) in [6, 6.07) is 13.1. The Morgan fingerprint density at radius 1 is 0.824 bits per heavy atom. The van der Waals surface area contributed by atoms with E-state index >= 15 is 0 Å². The van der Waals surface area contributed by atoms with Gasteiger partial charge in [-0.3, -0.25) is 0 Å². The van der Waals surface area contributed by atoms with Gasteiger partial charge in [0.1, 0.15) is 0 Å². The van der Waals surface area contributed by atoms with Crippen LogP contribution in [-0.4, -0.2) is 0 Å². The van der Waals surface area contributed by atoms with E-state index in [1.807, 2.05) is 48.6 Å². The lowest BCUT2D eigenvalue weighted by molar-refractivity contribution is 1.62. The van der Waals surface area contributed by atoms with Crippen LogP contribution in [0.3, 0.4) is 0 Å². The zero-order valence-corrected chi connectivity index (χ0v) is 9.98. The molecule has 0 amide bonds. The molecule has 0 saturated carbocycles. The van der Waals surface area contributed by atoms with Crippen molar-refractivity contribution < 1.29 is 0 Å². The highest BCUT2D eigenvalue weighted by Gasteiger charge is 1.97. The van der Waals surface area contributed by atoms with E-state index in [0.29, 0.717) is 10.7 Å². The topological polar surface area (TPSA) is 52.0 Å². The second-order valence-electron chi connectivity index (χ2n) is 3.74. The zero-order chi connectivity index (χ0) is 12.3. The van der Waals surface area contributed by atoms with Crippen LogP contribution in [0.15, 0.2) is 42.5 Å². The molecule has 0 aliphatic carbocycles. The Morgan fingerprint density at radius 2 is 1.47 bits per heavy atom. The normalized spacial score (nSPS) is 10.9. The van der Waals surface area contributed by atoms with Gasteiger partial charge in [-0.1, -0.05) is 48.0 Å². The molecule has 0 spiro atoms. The zero-order valence-electron chi connectivity index (χ0n) is 9.23. The second-order valence-corrected chi connectivity index (χ2v) is 4.17. The van der Waals surface area contributed by atoms with E-state index in [2.05, 4.69) is 0 Å². The molecule has 0 aliphatic rings. The SMILES string of the molecule is Nc1ccccc1C=Cc1ccc(Cl)cc1N. The molecule has 0 atom stereocenters. The summed E-state index contributed by atoms with van der Waals surface area (Å²) in [5, 5.41) is 0.638. The van der Waals surface area contributed by atoms with Crippen molar-refractivity contribution in [2.45, 2.75) is 0 Å². The first-order valence-electron chi connectivity index (χ1n) is 5.24. The minimum Gasteiger partial charge on any atom is -0.398 e. The molecule has 0 unspecified atom stereocenters. The number of benzene rings is 2. The van der Waals surface area contributed by atoms with Gasteiger partial charge in [0.2, 0.25) is 0 Å². The monoisotopic (exact) mass is 244 g/mol. The maximum atomic E-state index is 5.86. The Balaban J connectivity index is 2.29. The van der Waals surface area contributed by atoms with E-state index in [1.54, 1.807) is 6.07 Å². The Morgan fingerprint density at radius 3 is 2.12 bits per heavy atom. The van der Waals surface area contributed by atoms with Crippen molar-refractivity contribution in [1.82, 2.24) is 0 Å². The van der Waals surface area contributed by atoms with Gasteiger partial charge < -0.3 is 11.5 Å². The molecule has 2 aromatic rings. The Kier molecular flexibility index (Phi) is 3.35. The molecule has 2 nitrogen and oxygen atoms in total. The summed E-state index contributed by atoms with van der Waals surface area (Å²) in [5.74, 6) is 0. The van der Waals surface area contributed by atoms with Crippen molar-refractivity contribution in [1.29, 1.82) is 0 Å². The van der Waals surface area contributed by atoms with Crippen LogP contribution in [0.4, 0.5) is 11.4 Å². The third kappa shape index (κ3) is 2.80. The first kappa shape index (κ1) is 11.6. The highest BCUT2D eigenvalue weighted by Crippen LogP contribution is 2.21. The number of nitrogens with two attached hydrogens (primary N) is 2. The highest BCUT2D eigenvalue weighted by atomic mass is 35.5. The van der Waals surface area contributed by atoms with Gasteiger partial charge in [0.15, 0.2) is 0 Å². The molecule has 3 heteroatoms. The average Bonchev–Trinajstić information content (AvgIpc) is 2.30. The second kappa shape index (κ2) is 4.93. The van der Waals surface area contributed by atoms with Crippen LogP contribution in [0.1, 0.15) is 11.1 Å². The summed E-state index contributed by atoms with van der Waals surface area (Å²) in [4.78, 5) is 0.